The second-order valence-corrected chi connectivity index (χ2v) is 6.57. The van der Waals surface area contributed by atoms with E-state index in [-0.39, 0.29) is 25.4 Å². The summed E-state index contributed by atoms with van der Waals surface area (Å²) in [5.74, 6) is -1.45. The molecular weight excluding hydrogens is 325 g/mol. The molecule has 0 radical (unpaired) electrons. The Hall–Kier alpha value is -1.15. The highest BCUT2D eigenvalue weighted by Gasteiger charge is 2.68. The summed E-state index contributed by atoms with van der Waals surface area (Å²) in [6.07, 6.45) is 0.171. The van der Waals surface area contributed by atoms with Gasteiger partial charge >= 0.3 is 6.18 Å². The van der Waals surface area contributed by atoms with Gasteiger partial charge in [-0.3, -0.25) is 0 Å². The van der Waals surface area contributed by atoms with Crippen molar-refractivity contribution >= 4 is 0 Å². The van der Waals surface area contributed by atoms with Crippen LogP contribution in [0.15, 0.2) is 35.5 Å². The molecule has 1 spiro atoms. The Kier molecular flexibility index (Phi) is 5.03. The Balaban J connectivity index is 2.55. The topological polar surface area (TPSA) is 58.9 Å². The van der Waals surface area contributed by atoms with Gasteiger partial charge in [0.15, 0.2) is 5.79 Å². The van der Waals surface area contributed by atoms with E-state index in [1.165, 1.54) is 25.2 Å². The first-order valence-electron chi connectivity index (χ1n) is 7.73. The summed E-state index contributed by atoms with van der Waals surface area (Å²) >= 11 is 0. The highest BCUT2D eigenvalue weighted by molar-refractivity contribution is 5.37. The fourth-order valence-corrected chi connectivity index (χ4v) is 3.31. The lowest BCUT2D eigenvalue weighted by molar-refractivity contribution is -0.294. The van der Waals surface area contributed by atoms with Crippen molar-refractivity contribution in [3.63, 3.8) is 0 Å². The van der Waals surface area contributed by atoms with Crippen LogP contribution in [0.5, 0.6) is 0 Å². The average Bonchev–Trinajstić information content (AvgIpc) is 2.90. The fraction of sp³-hybridized carbons (Fsp3) is 0.647. The monoisotopic (exact) mass is 348 g/mol. The van der Waals surface area contributed by atoms with Crippen molar-refractivity contribution < 1.29 is 32.9 Å². The Morgan fingerprint density at radius 3 is 2.42 bits per heavy atom. The summed E-state index contributed by atoms with van der Waals surface area (Å²) in [4.78, 5) is 0. The first-order valence-corrected chi connectivity index (χ1v) is 7.73. The molecule has 2 atom stereocenters. The quantitative estimate of drug-likeness (QED) is 0.608. The fourth-order valence-electron chi connectivity index (χ4n) is 3.31. The number of aliphatic hydroxyl groups excluding tert-OH is 1. The molecule has 1 saturated heterocycles. The Bertz CT molecular complexity index is 573. The lowest BCUT2D eigenvalue weighted by Gasteiger charge is -2.51. The van der Waals surface area contributed by atoms with Gasteiger partial charge in [-0.1, -0.05) is 17.7 Å². The van der Waals surface area contributed by atoms with E-state index in [0.29, 0.717) is 5.57 Å². The van der Waals surface area contributed by atoms with E-state index < -0.39 is 29.4 Å². The van der Waals surface area contributed by atoms with Crippen LogP contribution in [0.3, 0.4) is 0 Å². The van der Waals surface area contributed by atoms with Crippen LogP contribution in [-0.4, -0.2) is 47.6 Å². The maximum Gasteiger partial charge on any atom is 0.397 e. The second-order valence-electron chi connectivity index (χ2n) is 6.57. The molecule has 1 aliphatic heterocycles. The van der Waals surface area contributed by atoms with Crippen LogP contribution in [0, 0.1) is 5.41 Å². The van der Waals surface area contributed by atoms with Crippen molar-refractivity contribution in [2.24, 2.45) is 5.41 Å². The van der Waals surface area contributed by atoms with E-state index in [2.05, 4.69) is 0 Å². The van der Waals surface area contributed by atoms with Gasteiger partial charge in [-0.15, -0.1) is 0 Å². The van der Waals surface area contributed by atoms with Gasteiger partial charge in [0, 0.05) is 6.42 Å². The number of hydrogen-bond donors (Lipinski definition) is 2. The Morgan fingerprint density at radius 1 is 1.33 bits per heavy atom. The van der Waals surface area contributed by atoms with Crippen molar-refractivity contribution in [3.05, 3.63) is 35.5 Å². The zero-order valence-electron chi connectivity index (χ0n) is 14.0. The van der Waals surface area contributed by atoms with Gasteiger partial charge in [-0.25, -0.2) is 0 Å². The normalized spacial score (nSPS) is 34.2. The molecule has 0 saturated carbocycles. The minimum atomic E-state index is -4.68. The number of rotatable bonds is 3. The molecule has 2 aliphatic rings. The molecule has 1 aliphatic carbocycles. The molecule has 0 aromatic carbocycles. The summed E-state index contributed by atoms with van der Waals surface area (Å²) in [7, 11) is 0. The third-order valence-electron chi connectivity index (χ3n) is 4.88. The first-order chi connectivity index (χ1) is 11.0. The van der Waals surface area contributed by atoms with Crippen LogP contribution in [0.25, 0.3) is 0 Å². The van der Waals surface area contributed by atoms with E-state index in [0.717, 1.165) is 13.0 Å². The van der Waals surface area contributed by atoms with Crippen LogP contribution in [0.2, 0.25) is 0 Å². The molecule has 0 aromatic heterocycles. The van der Waals surface area contributed by atoms with Gasteiger partial charge in [0.2, 0.25) is 0 Å². The highest BCUT2D eigenvalue weighted by atomic mass is 19.4. The van der Waals surface area contributed by atoms with Crippen LogP contribution in [-0.2, 0) is 9.47 Å². The van der Waals surface area contributed by atoms with Crippen molar-refractivity contribution in [1.82, 2.24) is 0 Å². The molecular formula is C17H23F3O4. The third kappa shape index (κ3) is 3.06. The van der Waals surface area contributed by atoms with E-state index >= 15 is 0 Å². The second kappa shape index (κ2) is 6.29. The number of ether oxygens (including phenoxy) is 2. The molecule has 7 heteroatoms. The Morgan fingerprint density at radius 2 is 1.92 bits per heavy atom. The molecule has 2 rings (SSSR count). The van der Waals surface area contributed by atoms with Gasteiger partial charge in [-0.05, 0) is 38.5 Å². The molecule has 24 heavy (non-hydrogen) atoms. The number of halogens is 3. The largest absolute Gasteiger partial charge is 0.397 e. The smallest absolute Gasteiger partial charge is 0.392 e. The highest BCUT2D eigenvalue weighted by Crippen LogP contribution is 2.58. The minimum absolute atomic E-state index is 0.114. The van der Waals surface area contributed by atoms with Gasteiger partial charge in [0.25, 0.3) is 0 Å². The summed E-state index contributed by atoms with van der Waals surface area (Å²) in [5, 5.41) is 19.8. The zero-order valence-corrected chi connectivity index (χ0v) is 14.0. The van der Waals surface area contributed by atoms with Crippen LogP contribution < -0.4 is 0 Å². The van der Waals surface area contributed by atoms with Gasteiger partial charge in [0.05, 0.1) is 19.8 Å². The van der Waals surface area contributed by atoms with E-state index in [1.807, 2.05) is 0 Å². The first kappa shape index (κ1) is 19.2. The molecule has 4 nitrogen and oxygen atoms in total. The maximum absolute atomic E-state index is 13.9. The number of aliphatic hydroxyl groups is 2. The van der Waals surface area contributed by atoms with Crippen LogP contribution in [0.1, 0.15) is 27.2 Å². The summed E-state index contributed by atoms with van der Waals surface area (Å²) in [5.41, 5.74) is -4.06. The van der Waals surface area contributed by atoms with Crippen molar-refractivity contribution in [3.8, 4) is 0 Å². The zero-order chi connectivity index (χ0) is 18.2. The van der Waals surface area contributed by atoms with Crippen LogP contribution in [0.4, 0.5) is 13.2 Å². The molecule has 1 heterocycles. The number of alkyl halides is 3. The molecule has 1 fully saturated rings. The van der Waals surface area contributed by atoms with E-state index in [9.17, 15) is 18.3 Å². The molecule has 136 valence electrons. The van der Waals surface area contributed by atoms with Crippen molar-refractivity contribution in [2.75, 3.05) is 19.8 Å². The molecule has 0 aromatic rings. The molecule has 0 amide bonds. The molecule has 2 N–H and O–H groups in total. The van der Waals surface area contributed by atoms with E-state index in [1.54, 1.807) is 6.92 Å². The van der Waals surface area contributed by atoms with Gasteiger partial charge < -0.3 is 19.7 Å². The van der Waals surface area contributed by atoms with Crippen molar-refractivity contribution in [2.45, 2.75) is 44.8 Å². The number of hydrogen-bond acceptors (Lipinski definition) is 4. The molecule has 0 unspecified atom stereocenters. The van der Waals surface area contributed by atoms with Gasteiger partial charge in [-0.2, -0.15) is 13.2 Å². The summed E-state index contributed by atoms with van der Waals surface area (Å²) < 4.78 is 52.6. The SMILES string of the molecule is CC1=CC2(C[C@](C)(C(F)(F)F)[C@@]1(O)/C=C/C(C)=C\CO)OCCO2. The van der Waals surface area contributed by atoms with E-state index in [4.69, 9.17) is 14.6 Å². The molecule has 0 bridgehead atoms. The van der Waals surface area contributed by atoms with Gasteiger partial charge in [0.1, 0.15) is 11.0 Å². The van der Waals surface area contributed by atoms with Crippen molar-refractivity contribution in [1.29, 1.82) is 0 Å². The lowest BCUT2D eigenvalue weighted by Crippen LogP contribution is -2.61. The number of allylic oxidation sites excluding steroid dienone is 2. The third-order valence-corrected chi connectivity index (χ3v) is 4.88. The Labute approximate surface area is 139 Å². The summed E-state index contributed by atoms with van der Waals surface area (Å²) in [6.45, 7) is 4.24. The predicted octanol–water partition coefficient (Wildman–Crippen LogP) is 2.87. The minimum Gasteiger partial charge on any atom is -0.392 e. The van der Waals surface area contributed by atoms with Crippen LogP contribution >= 0.6 is 0 Å². The standard InChI is InChI=1S/C17H23F3O4/c1-12(5-7-21)4-6-16(22)13(2)10-15(23-8-9-24-15)11-14(16,3)17(18,19)20/h4-6,10,21-22H,7-9,11H2,1-3H3/b6-4+,12-5-/t14-,16+/m0/s1. The maximum atomic E-state index is 13.9. The predicted molar refractivity (Wildman–Crippen MR) is 82.1 cm³/mol. The average molecular weight is 348 g/mol. The lowest BCUT2D eigenvalue weighted by atomic mass is 9.61. The summed E-state index contributed by atoms with van der Waals surface area (Å²) in [6, 6.07) is 0.